The average Bonchev–Trinajstić information content (AvgIpc) is 2.46. The van der Waals surface area contributed by atoms with Gasteiger partial charge in [-0.1, -0.05) is 12.1 Å². The summed E-state index contributed by atoms with van der Waals surface area (Å²) < 4.78 is 27.1. The molecule has 24 heavy (non-hydrogen) atoms. The van der Waals surface area contributed by atoms with E-state index in [0.29, 0.717) is 11.3 Å². The number of aromatic carboxylic acids is 1. The Morgan fingerprint density at radius 2 is 1.67 bits per heavy atom. The van der Waals surface area contributed by atoms with Gasteiger partial charge in [-0.25, -0.2) is 13.2 Å². The number of nitrogens with one attached hydrogen (secondary N) is 2. The number of aryl methyl sites for hydroxylation is 1. The third-order valence-corrected chi connectivity index (χ3v) is 4.60. The zero-order chi connectivity index (χ0) is 17.9. The number of carboxylic acids is 1. The highest BCUT2D eigenvalue weighted by atomic mass is 32.2. The van der Waals surface area contributed by atoms with Crippen molar-refractivity contribution in [3.8, 4) is 0 Å². The van der Waals surface area contributed by atoms with Crippen molar-refractivity contribution in [3.05, 3.63) is 53.6 Å². The topological polar surface area (TPSA) is 113 Å². The van der Waals surface area contributed by atoms with E-state index in [1.54, 1.807) is 19.1 Å². The molecule has 0 heterocycles. The number of hydrogen-bond acceptors (Lipinski definition) is 4. The molecule has 7 nitrogen and oxygen atoms in total. The molecule has 0 bridgehead atoms. The molecule has 8 heteroatoms. The minimum atomic E-state index is -3.96. The number of benzene rings is 2. The molecule has 0 radical (unpaired) electrons. The molecule has 2 rings (SSSR count). The molecular weight excluding hydrogens is 332 g/mol. The molecule has 2 aromatic rings. The van der Waals surface area contributed by atoms with E-state index in [1.807, 2.05) is 0 Å². The third kappa shape index (κ3) is 3.90. The molecule has 0 aromatic heterocycles. The van der Waals surface area contributed by atoms with Gasteiger partial charge >= 0.3 is 5.97 Å². The normalized spacial score (nSPS) is 10.9. The number of anilines is 2. The molecule has 2 aromatic carbocycles. The summed E-state index contributed by atoms with van der Waals surface area (Å²) >= 11 is 0. The summed E-state index contributed by atoms with van der Waals surface area (Å²) in [4.78, 5) is 22.3. The van der Waals surface area contributed by atoms with Crippen molar-refractivity contribution in [1.29, 1.82) is 0 Å². The summed E-state index contributed by atoms with van der Waals surface area (Å²) in [5, 5.41) is 11.8. The van der Waals surface area contributed by atoms with Gasteiger partial charge in [0.15, 0.2) is 0 Å². The van der Waals surface area contributed by atoms with E-state index in [9.17, 15) is 23.1 Å². The first-order valence-electron chi connectivity index (χ1n) is 6.94. The molecule has 0 aliphatic carbocycles. The zero-order valence-electron chi connectivity index (χ0n) is 13.0. The van der Waals surface area contributed by atoms with Gasteiger partial charge in [-0.15, -0.1) is 0 Å². The van der Waals surface area contributed by atoms with Crippen LogP contribution in [0.4, 0.5) is 11.4 Å². The van der Waals surface area contributed by atoms with Crippen LogP contribution in [0.2, 0.25) is 0 Å². The van der Waals surface area contributed by atoms with Crippen molar-refractivity contribution < 1.29 is 23.1 Å². The molecule has 0 atom stereocenters. The first-order chi connectivity index (χ1) is 11.2. The summed E-state index contributed by atoms with van der Waals surface area (Å²) in [5.74, 6) is -1.48. The summed E-state index contributed by atoms with van der Waals surface area (Å²) in [7, 11) is -3.96. The SMILES string of the molecule is CC(=O)Nc1ccc(S(=O)(=O)Nc2cccc(C)c2C(=O)O)cc1. The first kappa shape index (κ1) is 17.5. The van der Waals surface area contributed by atoms with E-state index in [0.717, 1.165) is 0 Å². The van der Waals surface area contributed by atoms with Crippen molar-refractivity contribution in [1.82, 2.24) is 0 Å². The van der Waals surface area contributed by atoms with Crippen molar-refractivity contribution in [2.75, 3.05) is 10.0 Å². The largest absolute Gasteiger partial charge is 0.478 e. The van der Waals surface area contributed by atoms with E-state index in [1.165, 1.54) is 37.3 Å². The van der Waals surface area contributed by atoms with Crippen LogP contribution in [0.1, 0.15) is 22.8 Å². The van der Waals surface area contributed by atoms with Crippen molar-refractivity contribution in [2.45, 2.75) is 18.7 Å². The number of rotatable bonds is 5. The van der Waals surface area contributed by atoms with Crippen molar-refractivity contribution >= 4 is 33.3 Å². The highest BCUT2D eigenvalue weighted by molar-refractivity contribution is 7.92. The van der Waals surface area contributed by atoms with Gasteiger partial charge in [-0.05, 0) is 42.8 Å². The Hall–Kier alpha value is -2.87. The lowest BCUT2D eigenvalue weighted by molar-refractivity contribution is -0.114. The third-order valence-electron chi connectivity index (χ3n) is 3.22. The van der Waals surface area contributed by atoms with Crippen LogP contribution in [-0.4, -0.2) is 25.4 Å². The van der Waals surface area contributed by atoms with Gasteiger partial charge in [0, 0.05) is 12.6 Å². The number of carbonyl (C=O) groups is 2. The second kappa shape index (κ2) is 6.71. The number of amides is 1. The standard InChI is InChI=1S/C16H16N2O5S/c1-10-4-3-5-14(15(10)16(20)21)18-24(22,23)13-8-6-12(7-9-13)17-11(2)19/h3-9,18H,1-2H3,(H,17,19)(H,20,21). The lowest BCUT2D eigenvalue weighted by atomic mass is 10.1. The number of carboxylic acid groups (broad SMARTS) is 1. The quantitative estimate of drug-likeness (QED) is 0.768. The molecule has 1 amide bonds. The molecule has 126 valence electrons. The Bertz CT molecular complexity index is 889. The van der Waals surface area contributed by atoms with Crippen LogP contribution in [0.25, 0.3) is 0 Å². The average molecular weight is 348 g/mol. The zero-order valence-corrected chi connectivity index (χ0v) is 13.8. The van der Waals surface area contributed by atoms with Gasteiger partial charge in [0.05, 0.1) is 16.1 Å². The second-order valence-corrected chi connectivity index (χ2v) is 6.80. The number of hydrogen-bond donors (Lipinski definition) is 3. The Kier molecular flexibility index (Phi) is 4.89. The molecule has 0 aliphatic rings. The van der Waals surface area contributed by atoms with Crippen LogP contribution in [-0.2, 0) is 14.8 Å². The van der Waals surface area contributed by atoms with Crippen LogP contribution in [0, 0.1) is 6.92 Å². The Morgan fingerprint density at radius 3 is 2.21 bits per heavy atom. The van der Waals surface area contributed by atoms with Crippen LogP contribution >= 0.6 is 0 Å². The van der Waals surface area contributed by atoms with Crippen LogP contribution in [0.5, 0.6) is 0 Å². The van der Waals surface area contributed by atoms with Crippen molar-refractivity contribution in [3.63, 3.8) is 0 Å². The van der Waals surface area contributed by atoms with Gasteiger partial charge in [-0.2, -0.15) is 0 Å². The van der Waals surface area contributed by atoms with E-state index in [2.05, 4.69) is 10.0 Å². The van der Waals surface area contributed by atoms with E-state index >= 15 is 0 Å². The number of sulfonamides is 1. The predicted octanol–water partition coefficient (Wildman–Crippen LogP) is 2.45. The van der Waals surface area contributed by atoms with Crippen LogP contribution in [0.15, 0.2) is 47.4 Å². The maximum atomic E-state index is 12.4. The smallest absolute Gasteiger partial charge is 0.338 e. The second-order valence-electron chi connectivity index (χ2n) is 5.11. The van der Waals surface area contributed by atoms with E-state index in [-0.39, 0.29) is 22.1 Å². The molecule has 0 spiro atoms. The highest BCUT2D eigenvalue weighted by Gasteiger charge is 2.19. The first-order valence-corrected chi connectivity index (χ1v) is 8.42. The van der Waals surface area contributed by atoms with Crippen LogP contribution < -0.4 is 10.0 Å². The monoisotopic (exact) mass is 348 g/mol. The Labute approximate surface area is 139 Å². The van der Waals surface area contributed by atoms with Gasteiger partial charge in [-0.3, -0.25) is 9.52 Å². The molecule has 0 fully saturated rings. The van der Waals surface area contributed by atoms with E-state index in [4.69, 9.17) is 0 Å². The maximum Gasteiger partial charge on any atom is 0.338 e. The summed E-state index contributed by atoms with van der Waals surface area (Å²) in [6.45, 7) is 2.93. The summed E-state index contributed by atoms with van der Waals surface area (Å²) in [5.41, 5.74) is 0.802. The van der Waals surface area contributed by atoms with Gasteiger partial charge in [0.25, 0.3) is 10.0 Å². The molecule has 0 saturated heterocycles. The van der Waals surface area contributed by atoms with E-state index < -0.39 is 16.0 Å². The lowest BCUT2D eigenvalue weighted by Gasteiger charge is -2.12. The maximum absolute atomic E-state index is 12.4. The minimum Gasteiger partial charge on any atom is -0.478 e. The van der Waals surface area contributed by atoms with Gasteiger partial charge in [0.2, 0.25) is 5.91 Å². The lowest BCUT2D eigenvalue weighted by Crippen LogP contribution is -2.16. The Morgan fingerprint density at radius 1 is 1.04 bits per heavy atom. The van der Waals surface area contributed by atoms with Crippen LogP contribution in [0.3, 0.4) is 0 Å². The summed E-state index contributed by atoms with van der Waals surface area (Å²) in [6.07, 6.45) is 0. The molecule has 0 saturated carbocycles. The summed E-state index contributed by atoms with van der Waals surface area (Å²) in [6, 6.07) is 10.1. The fourth-order valence-corrected chi connectivity index (χ4v) is 3.23. The number of carbonyl (C=O) groups excluding carboxylic acids is 1. The van der Waals surface area contributed by atoms with Gasteiger partial charge in [0.1, 0.15) is 0 Å². The molecule has 3 N–H and O–H groups in total. The Balaban J connectivity index is 2.34. The predicted molar refractivity (Wildman–Crippen MR) is 89.7 cm³/mol. The highest BCUT2D eigenvalue weighted by Crippen LogP contribution is 2.23. The van der Waals surface area contributed by atoms with Crippen molar-refractivity contribution in [2.24, 2.45) is 0 Å². The fourth-order valence-electron chi connectivity index (χ4n) is 2.16. The minimum absolute atomic E-state index is 0.00608. The van der Waals surface area contributed by atoms with Gasteiger partial charge < -0.3 is 10.4 Å². The molecular formula is C16H16N2O5S. The molecule has 0 aliphatic heterocycles. The molecule has 0 unspecified atom stereocenters. The fraction of sp³-hybridized carbons (Fsp3) is 0.125.